The lowest BCUT2D eigenvalue weighted by molar-refractivity contribution is 0.277. The molecule has 2 N–H and O–H groups in total. The van der Waals surface area contributed by atoms with Crippen LogP contribution in [0.4, 0.5) is 0 Å². The fraction of sp³-hybridized carbons (Fsp3) is 0.500. The van der Waals surface area contributed by atoms with Gasteiger partial charge in [-0.15, -0.1) is 0 Å². The molecule has 1 aliphatic carbocycles. The predicted molar refractivity (Wildman–Crippen MR) is 65.3 cm³/mol. The molecule has 1 unspecified atom stereocenters. The summed E-state index contributed by atoms with van der Waals surface area (Å²) < 4.78 is 0. The van der Waals surface area contributed by atoms with E-state index >= 15 is 0 Å². The number of rotatable bonds is 3. The number of benzene rings is 1. The summed E-state index contributed by atoms with van der Waals surface area (Å²) in [6.45, 7) is 0. The normalized spacial score (nSPS) is 18.6. The molecule has 3 heteroatoms. The van der Waals surface area contributed by atoms with Crippen LogP contribution in [0.15, 0.2) is 18.2 Å². The van der Waals surface area contributed by atoms with Crippen LogP contribution in [0.1, 0.15) is 37.3 Å². The smallest absolute Gasteiger partial charge is 0.0424 e. The first-order valence-corrected chi connectivity index (χ1v) is 6.12. The van der Waals surface area contributed by atoms with Crippen LogP contribution in [-0.2, 0) is 0 Å². The summed E-state index contributed by atoms with van der Waals surface area (Å²) in [4.78, 5) is 0. The molecule has 1 aromatic rings. The topological polar surface area (TPSA) is 26.0 Å². The molecule has 15 heavy (non-hydrogen) atoms. The van der Waals surface area contributed by atoms with E-state index in [1.807, 2.05) is 12.1 Å². The molecule has 1 atom stereocenters. The Bertz CT molecular complexity index is 327. The standard InChI is InChI=1S/C12H15Cl2N/c13-10-5-9(6-11(14)7-10)12(15)4-8-2-1-3-8/h5-8,12H,1-4,15H2. The highest BCUT2D eigenvalue weighted by atomic mass is 35.5. The van der Waals surface area contributed by atoms with Gasteiger partial charge in [-0.25, -0.2) is 0 Å². The molecular formula is C12H15Cl2N. The van der Waals surface area contributed by atoms with Gasteiger partial charge in [0.15, 0.2) is 0 Å². The molecule has 1 saturated carbocycles. The van der Waals surface area contributed by atoms with Crippen LogP contribution in [0.3, 0.4) is 0 Å². The Hall–Kier alpha value is -0.240. The fourth-order valence-corrected chi connectivity index (χ4v) is 2.56. The molecule has 1 nitrogen and oxygen atoms in total. The predicted octanol–water partition coefficient (Wildman–Crippen LogP) is 4.18. The van der Waals surface area contributed by atoms with E-state index in [1.54, 1.807) is 6.07 Å². The average Bonchev–Trinajstić information content (AvgIpc) is 2.09. The summed E-state index contributed by atoms with van der Waals surface area (Å²) in [5.41, 5.74) is 7.18. The first-order chi connectivity index (χ1) is 7.15. The lowest BCUT2D eigenvalue weighted by atomic mass is 9.80. The van der Waals surface area contributed by atoms with Gasteiger partial charge in [-0.1, -0.05) is 42.5 Å². The van der Waals surface area contributed by atoms with Crippen LogP contribution in [-0.4, -0.2) is 0 Å². The minimum absolute atomic E-state index is 0.0755. The second-order valence-corrected chi connectivity index (χ2v) is 5.21. The average molecular weight is 244 g/mol. The van der Waals surface area contributed by atoms with Crippen LogP contribution < -0.4 is 5.73 Å². The molecule has 0 amide bonds. The minimum atomic E-state index is 0.0755. The Labute approximate surface area is 101 Å². The van der Waals surface area contributed by atoms with Crippen molar-refractivity contribution in [2.24, 2.45) is 11.7 Å². The number of hydrogen-bond acceptors (Lipinski definition) is 1. The maximum Gasteiger partial charge on any atom is 0.0424 e. The number of halogens is 2. The molecule has 2 rings (SSSR count). The molecule has 0 aliphatic heterocycles. The van der Waals surface area contributed by atoms with Gasteiger partial charge in [0.25, 0.3) is 0 Å². The van der Waals surface area contributed by atoms with E-state index in [1.165, 1.54) is 19.3 Å². The Morgan fingerprint density at radius 3 is 2.27 bits per heavy atom. The summed E-state index contributed by atoms with van der Waals surface area (Å²) in [6.07, 6.45) is 5.05. The number of hydrogen-bond donors (Lipinski definition) is 1. The van der Waals surface area contributed by atoms with Crippen molar-refractivity contribution >= 4 is 23.2 Å². The van der Waals surface area contributed by atoms with Crippen molar-refractivity contribution in [2.45, 2.75) is 31.7 Å². The second kappa shape index (κ2) is 4.73. The molecule has 82 valence electrons. The zero-order valence-electron chi connectivity index (χ0n) is 8.55. The monoisotopic (exact) mass is 243 g/mol. The molecule has 1 aliphatic rings. The van der Waals surface area contributed by atoms with Crippen molar-refractivity contribution in [3.8, 4) is 0 Å². The zero-order valence-corrected chi connectivity index (χ0v) is 10.1. The van der Waals surface area contributed by atoms with Crippen molar-refractivity contribution in [3.63, 3.8) is 0 Å². The lowest BCUT2D eigenvalue weighted by Gasteiger charge is -2.28. The van der Waals surface area contributed by atoms with Gasteiger partial charge in [0.05, 0.1) is 0 Å². The van der Waals surface area contributed by atoms with E-state index in [0.29, 0.717) is 10.0 Å². The van der Waals surface area contributed by atoms with Gasteiger partial charge < -0.3 is 5.73 Å². The lowest BCUT2D eigenvalue weighted by Crippen LogP contribution is -2.20. The number of nitrogens with two attached hydrogens (primary N) is 1. The Kier molecular flexibility index (Phi) is 3.55. The third kappa shape index (κ3) is 2.87. The van der Waals surface area contributed by atoms with Gasteiger partial charge in [0, 0.05) is 16.1 Å². The SMILES string of the molecule is NC(CC1CCC1)c1cc(Cl)cc(Cl)c1. The summed E-state index contributed by atoms with van der Waals surface area (Å²) in [5.74, 6) is 0.803. The van der Waals surface area contributed by atoms with E-state index in [0.717, 1.165) is 17.9 Å². The highest BCUT2D eigenvalue weighted by Crippen LogP contribution is 2.34. The van der Waals surface area contributed by atoms with E-state index in [9.17, 15) is 0 Å². The largest absolute Gasteiger partial charge is 0.324 e. The molecule has 0 spiro atoms. The highest BCUT2D eigenvalue weighted by Gasteiger charge is 2.21. The van der Waals surface area contributed by atoms with Crippen LogP contribution >= 0.6 is 23.2 Å². The Morgan fingerprint density at radius 2 is 1.80 bits per heavy atom. The van der Waals surface area contributed by atoms with Crippen molar-refractivity contribution in [2.75, 3.05) is 0 Å². The first kappa shape index (κ1) is 11.3. The summed E-state index contributed by atoms with van der Waals surface area (Å²) >= 11 is 11.9. The van der Waals surface area contributed by atoms with Gasteiger partial charge in [-0.05, 0) is 36.1 Å². The van der Waals surface area contributed by atoms with E-state index < -0.39 is 0 Å². The van der Waals surface area contributed by atoms with Crippen LogP contribution in [0, 0.1) is 5.92 Å². The maximum absolute atomic E-state index is 6.13. The molecule has 0 heterocycles. The molecule has 0 aromatic heterocycles. The Morgan fingerprint density at radius 1 is 1.20 bits per heavy atom. The molecule has 1 aromatic carbocycles. The van der Waals surface area contributed by atoms with Crippen molar-refractivity contribution < 1.29 is 0 Å². The summed E-state index contributed by atoms with van der Waals surface area (Å²) in [6, 6.07) is 5.64. The van der Waals surface area contributed by atoms with E-state index in [4.69, 9.17) is 28.9 Å². The third-order valence-electron chi connectivity index (χ3n) is 3.13. The zero-order chi connectivity index (χ0) is 10.8. The van der Waals surface area contributed by atoms with Crippen molar-refractivity contribution in [1.82, 2.24) is 0 Å². The van der Waals surface area contributed by atoms with Crippen molar-refractivity contribution in [3.05, 3.63) is 33.8 Å². The van der Waals surface area contributed by atoms with Gasteiger partial charge in [0.1, 0.15) is 0 Å². The van der Waals surface area contributed by atoms with Gasteiger partial charge in [-0.3, -0.25) is 0 Å². The second-order valence-electron chi connectivity index (χ2n) is 4.34. The van der Waals surface area contributed by atoms with Gasteiger partial charge in [0.2, 0.25) is 0 Å². The van der Waals surface area contributed by atoms with Gasteiger partial charge >= 0.3 is 0 Å². The molecule has 0 radical (unpaired) electrons. The van der Waals surface area contributed by atoms with E-state index in [2.05, 4.69) is 0 Å². The first-order valence-electron chi connectivity index (χ1n) is 5.37. The fourth-order valence-electron chi connectivity index (χ4n) is 2.01. The van der Waals surface area contributed by atoms with Gasteiger partial charge in [-0.2, -0.15) is 0 Å². The molecular weight excluding hydrogens is 229 g/mol. The molecule has 1 fully saturated rings. The third-order valence-corrected chi connectivity index (χ3v) is 3.56. The van der Waals surface area contributed by atoms with E-state index in [-0.39, 0.29) is 6.04 Å². The highest BCUT2D eigenvalue weighted by molar-refractivity contribution is 6.34. The summed E-state index contributed by atoms with van der Waals surface area (Å²) in [7, 11) is 0. The molecule has 0 saturated heterocycles. The van der Waals surface area contributed by atoms with Crippen molar-refractivity contribution in [1.29, 1.82) is 0 Å². The minimum Gasteiger partial charge on any atom is -0.324 e. The van der Waals surface area contributed by atoms with Crippen LogP contribution in [0.2, 0.25) is 10.0 Å². The molecule has 0 bridgehead atoms. The quantitative estimate of drug-likeness (QED) is 0.847. The van der Waals surface area contributed by atoms with Crippen LogP contribution in [0.5, 0.6) is 0 Å². The Balaban J connectivity index is 2.06. The summed E-state index contributed by atoms with van der Waals surface area (Å²) in [5, 5.41) is 1.34. The maximum atomic E-state index is 6.13. The van der Waals surface area contributed by atoms with Crippen LogP contribution in [0.25, 0.3) is 0 Å².